The van der Waals surface area contributed by atoms with Gasteiger partial charge in [0.1, 0.15) is 0 Å². The van der Waals surface area contributed by atoms with Gasteiger partial charge in [0.05, 0.1) is 6.61 Å². The molecule has 1 rings (SSSR count). The zero-order valence-corrected chi connectivity index (χ0v) is 10.5. The Kier molecular flexibility index (Phi) is 8.73. The molecule has 0 bridgehead atoms. The van der Waals surface area contributed by atoms with E-state index in [0.29, 0.717) is 6.04 Å². The summed E-state index contributed by atoms with van der Waals surface area (Å²) in [5.74, 6) is 0.807. The van der Waals surface area contributed by atoms with Crippen molar-refractivity contribution in [3.63, 3.8) is 0 Å². The van der Waals surface area contributed by atoms with Crippen molar-refractivity contribution in [2.75, 3.05) is 6.61 Å². The fourth-order valence-electron chi connectivity index (χ4n) is 1.86. The van der Waals surface area contributed by atoms with Gasteiger partial charge in [-0.3, -0.25) is 0 Å². The van der Waals surface area contributed by atoms with Crippen molar-refractivity contribution in [3.05, 3.63) is 11.6 Å². The van der Waals surface area contributed by atoms with Crippen molar-refractivity contribution in [3.8, 4) is 0 Å². The monoisotopic (exact) mass is 213 g/mol. The standard InChI is InChI=1S/C11H21NO.C2H6/c1-9(8-13)2-3-10-4-6-11(12)7-5-10;1-2/h2,10-11,13H,3-8,12H2,1H3;1-2H3/b9-2+;. The molecule has 2 heteroatoms. The lowest BCUT2D eigenvalue weighted by atomic mass is 9.84. The van der Waals surface area contributed by atoms with Crippen LogP contribution in [-0.2, 0) is 0 Å². The molecule has 3 N–H and O–H groups in total. The summed E-state index contributed by atoms with van der Waals surface area (Å²) in [5.41, 5.74) is 6.92. The van der Waals surface area contributed by atoms with E-state index in [2.05, 4.69) is 6.08 Å². The van der Waals surface area contributed by atoms with Crippen LogP contribution in [0.1, 0.15) is 52.9 Å². The van der Waals surface area contributed by atoms with Crippen LogP contribution in [0.15, 0.2) is 11.6 Å². The highest BCUT2D eigenvalue weighted by atomic mass is 16.3. The number of rotatable bonds is 3. The minimum Gasteiger partial charge on any atom is -0.392 e. The molecule has 0 aromatic rings. The number of hydrogen-bond acceptors (Lipinski definition) is 2. The van der Waals surface area contributed by atoms with Crippen LogP contribution < -0.4 is 5.73 Å². The molecule has 0 radical (unpaired) electrons. The van der Waals surface area contributed by atoms with Gasteiger partial charge >= 0.3 is 0 Å². The third kappa shape index (κ3) is 6.69. The van der Waals surface area contributed by atoms with E-state index >= 15 is 0 Å². The molecule has 2 nitrogen and oxygen atoms in total. The van der Waals surface area contributed by atoms with Crippen molar-refractivity contribution in [1.82, 2.24) is 0 Å². The zero-order chi connectivity index (χ0) is 11.7. The minimum atomic E-state index is 0.201. The second kappa shape index (κ2) is 8.93. The molecular weight excluding hydrogens is 186 g/mol. The summed E-state index contributed by atoms with van der Waals surface area (Å²) in [6, 6.07) is 0.444. The molecule has 0 atom stereocenters. The van der Waals surface area contributed by atoms with E-state index in [4.69, 9.17) is 10.8 Å². The Balaban J connectivity index is 0.000000921. The lowest BCUT2D eigenvalue weighted by molar-refractivity contribution is 0.320. The maximum Gasteiger partial charge on any atom is 0.0639 e. The molecule has 0 aromatic heterocycles. The van der Waals surface area contributed by atoms with Crippen molar-refractivity contribution < 1.29 is 5.11 Å². The number of hydrogen-bond donors (Lipinski definition) is 2. The highest BCUT2D eigenvalue weighted by Gasteiger charge is 2.17. The average molecular weight is 213 g/mol. The summed E-state index contributed by atoms with van der Waals surface area (Å²) in [7, 11) is 0. The van der Waals surface area contributed by atoms with E-state index in [9.17, 15) is 0 Å². The molecule has 0 saturated heterocycles. The maximum atomic E-state index is 8.82. The van der Waals surface area contributed by atoms with E-state index in [1.165, 1.54) is 25.7 Å². The van der Waals surface area contributed by atoms with Crippen molar-refractivity contribution in [1.29, 1.82) is 0 Å². The van der Waals surface area contributed by atoms with Crippen molar-refractivity contribution in [2.45, 2.75) is 58.9 Å². The molecule has 0 heterocycles. The molecular formula is C13H27NO. The summed E-state index contributed by atoms with van der Waals surface area (Å²) in [4.78, 5) is 0. The van der Waals surface area contributed by atoms with Gasteiger partial charge in [0, 0.05) is 6.04 Å². The number of nitrogens with two attached hydrogens (primary N) is 1. The number of aliphatic hydroxyl groups is 1. The first-order valence-electron chi connectivity index (χ1n) is 6.24. The third-order valence-electron chi connectivity index (χ3n) is 2.94. The Morgan fingerprint density at radius 3 is 2.27 bits per heavy atom. The molecule has 90 valence electrons. The fraction of sp³-hybridized carbons (Fsp3) is 0.846. The predicted molar refractivity (Wildman–Crippen MR) is 66.7 cm³/mol. The summed E-state index contributed by atoms with van der Waals surface area (Å²) in [6.07, 6.45) is 8.17. The molecule has 1 saturated carbocycles. The van der Waals surface area contributed by atoms with E-state index in [1.807, 2.05) is 20.8 Å². The van der Waals surface area contributed by atoms with Gasteiger partial charge in [-0.15, -0.1) is 0 Å². The number of allylic oxidation sites excluding steroid dienone is 1. The van der Waals surface area contributed by atoms with Gasteiger partial charge in [0.2, 0.25) is 0 Å². The van der Waals surface area contributed by atoms with Gasteiger partial charge in [-0.1, -0.05) is 25.5 Å². The lowest BCUT2D eigenvalue weighted by Crippen LogP contribution is -2.26. The summed E-state index contributed by atoms with van der Waals surface area (Å²) in [6.45, 7) is 6.18. The van der Waals surface area contributed by atoms with Crippen molar-refractivity contribution >= 4 is 0 Å². The van der Waals surface area contributed by atoms with Gasteiger partial charge in [-0.2, -0.15) is 0 Å². The summed E-state index contributed by atoms with van der Waals surface area (Å²) in [5, 5.41) is 8.82. The molecule has 1 aliphatic rings. The summed E-state index contributed by atoms with van der Waals surface area (Å²) < 4.78 is 0. The first-order valence-corrected chi connectivity index (χ1v) is 6.24. The Morgan fingerprint density at radius 2 is 1.80 bits per heavy atom. The summed E-state index contributed by atoms with van der Waals surface area (Å²) >= 11 is 0. The normalized spacial score (nSPS) is 26.9. The van der Waals surface area contributed by atoms with Crippen LogP contribution in [0, 0.1) is 5.92 Å². The minimum absolute atomic E-state index is 0.201. The van der Waals surface area contributed by atoms with Gasteiger partial charge in [0.25, 0.3) is 0 Å². The van der Waals surface area contributed by atoms with Crippen LogP contribution in [0.2, 0.25) is 0 Å². The van der Waals surface area contributed by atoms with Gasteiger partial charge < -0.3 is 10.8 Å². The molecule has 1 aliphatic carbocycles. The van der Waals surface area contributed by atoms with E-state index in [0.717, 1.165) is 17.9 Å². The zero-order valence-electron chi connectivity index (χ0n) is 10.5. The highest BCUT2D eigenvalue weighted by molar-refractivity contribution is 4.98. The van der Waals surface area contributed by atoms with Crippen LogP contribution in [0.25, 0.3) is 0 Å². The van der Waals surface area contributed by atoms with E-state index in [-0.39, 0.29) is 6.61 Å². The molecule has 0 aliphatic heterocycles. The molecule has 0 aromatic carbocycles. The van der Waals surface area contributed by atoms with Gasteiger partial charge in [0.15, 0.2) is 0 Å². The SMILES string of the molecule is C/C(=C\CC1CCC(N)CC1)CO.CC. The topological polar surface area (TPSA) is 46.2 Å². The van der Waals surface area contributed by atoms with Crippen LogP contribution in [0.4, 0.5) is 0 Å². The lowest BCUT2D eigenvalue weighted by Gasteiger charge is -2.25. The van der Waals surface area contributed by atoms with Crippen LogP contribution in [0.3, 0.4) is 0 Å². The quantitative estimate of drug-likeness (QED) is 0.708. The molecule has 1 fully saturated rings. The van der Waals surface area contributed by atoms with E-state index in [1.54, 1.807) is 0 Å². The smallest absolute Gasteiger partial charge is 0.0639 e. The highest BCUT2D eigenvalue weighted by Crippen LogP contribution is 2.26. The van der Waals surface area contributed by atoms with Crippen molar-refractivity contribution in [2.24, 2.45) is 11.7 Å². The first-order chi connectivity index (χ1) is 7.22. The fourth-order valence-corrected chi connectivity index (χ4v) is 1.86. The van der Waals surface area contributed by atoms with Crippen LogP contribution >= 0.6 is 0 Å². The molecule has 0 spiro atoms. The van der Waals surface area contributed by atoms with E-state index < -0.39 is 0 Å². The molecule has 15 heavy (non-hydrogen) atoms. The average Bonchev–Trinajstić information content (AvgIpc) is 2.30. The Bertz CT molecular complexity index is 169. The Morgan fingerprint density at radius 1 is 1.27 bits per heavy atom. The maximum absolute atomic E-state index is 8.82. The largest absolute Gasteiger partial charge is 0.392 e. The third-order valence-corrected chi connectivity index (χ3v) is 2.94. The molecule has 0 amide bonds. The van der Waals surface area contributed by atoms with Crippen LogP contribution in [0.5, 0.6) is 0 Å². The predicted octanol–water partition coefficient (Wildman–Crippen LogP) is 2.86. The first kappa shape index (κ1) is 14.7. The Labute approximate surface area is 94.6 Å². The van der Waals surface area contributed by atoms with Crippen LogP contribution in [-0.4, -0.2) is 17.8 Å². The molecule has 0 unspecified atom stereocenters. The second-order valence-corrected chi connectivity index (χ2v) is 4.23. The second-order valence-electron chi connectivity index (χ2n) is 4.23. The Hall–Kier alpha value is -0.340. The number of aliphatic hydroxyl groups excluding tert-OH is 1. The van der Waals surface area contributed by atoms with Gasteiger partial charge in [-0.25, -0.2) is 0 Å². The van der Waals surface area contributed by atoms with Gasteiger partial charge in [-0.05, 0) is 44.9 Å².